The third-order valence-corrected chi connectivity index (χ3v) is 6.81. The van der Waals surface area contributed by atoms with Crippen molar-refractivity contribution in [1.29, 1.82) is 0 Å². The van der Waals surface area contributed by atoms with Gasteiger partial charge < -0.3 is 4.74 Å². The predicted octanol–water partition coefficient (Wildman–Crippen LogP) is 3.91. The topological polar surface area (TPSA) is 26.3 Å². The summed E-state index contributed by atoms with van der Waals surface area (Å²) in [6.07, 6.45) is 4.93. The van der Waals surface area contributed by atoms with Gasteiger partial charge in [-0.15, -0.1) is 0 Å². The number of rotatable bonds is 1. The molecular weight excluding hydrogens is 264 g/mol. The second-order valence-electron chi connectivity index (χ2n) is 6.87. The lowest BCUT2D eigenvalue weighted by atomic mass is 9.76. The van der Waals surface area contributed by atoms with E-state index in [1.807, 2.05) is 6.07 Å². The molecule has 0 amide bonds. The molecule has 0 unspecified atom stereocenters. The number of allylic oxidation sites excluding steroid dienone is 2. The van der Waals surface area contributed by atoms with Crippen LogP contribution in [0.15, 0.2) is 42.0 Å². The van der Waals surface area contributed by atoms with E-state index in [0.717, 1.165) is 12.8 Å². The van der Waals surface area contributed by atoms with E-state index in [1.54, 1.807) is 0 Å². The maximum absolute atomic E-state index is 12.4. The summed E-state index contributed by atoms with van der Waals surface area (Å²) in [6.45, 7) is 4.62. The molecule has 106 valence electrons. The van der Waals surface area contributed by atoms with E-state index in [2.05, 4.69) is 43.4 Å². The minimum Gasteiger partial charge on any atom is -0.469 e. The summed E-state index contributed by atoms with van der Waals surface area (Å²) in [5.41, 5.74) is 2.76. The molecule has 2 nitrogen and oxygen atoms in total. The number of hydrogen-bond acceptors (Lipinski definition) is 2. The molecule has 2 atom stereocenters. The number of ether oxygens (including phenoxy) is 1. The van der Waals surface area contributed by atoms with Gasteiger partial charge in [0, 0.05) is 5.92 Å². The maximum atomic E-state index is 12.4. The second kappa shape index (κ2) is 5.21. The summed E-state index contributed by atoms with van der Waals surface area (Å²) in [7, 11) is -1.41. The Labute approximate surface area is 121 Å². The van der Waals surface area contributed by atoms with Gasteiger partial charge in [-0.25, -0.2) is 0 Å². The molecule has 20 heavy (non-hydrogen) atoms. The quantitative estimate of drug-likeness (QED) is 0.444. The van der Waals surface area contributed by atoms with Crippen molar-refractivity contribution in [2.24, 2.45) is 5.92 Å². The number of hydrogen-bond donors (Lipinski definition) is 0. The van der Waals surface area contributed by atoms with Crippen molar-refractivity contribution in [1.82, 2.24) is 0 Å². The van der Waals surface area contributed by atoms with Gasteiger partial charge >= 0.3 is 5.97 Å². The summed E-state index contributed by atoms with van der Waals surface area (Å²) in [5.74, 6) is 0.322. The van der Waals surface area contributed by atoms with Crippen molar-refractivity contribution >= 4 is 14.0 Å². The Kier molecular flexibility index (Phi) is 3.55. The van der Waals surface area contributed by atoms with Crippen LogP contribution in [0.4, 0.5) is 0 Å². The fourth-order valence-corrected chi connectivity index (χ4v) is 5.62. The van der Waals surface area contributed by atoms with Crippen LogP contribution < -0.4 is 0 Å². The van der Waals surface area contributed by atoms with Gasteiger partial charge in [-0.2, -0.15) is 0 Å². The molecule has 0 N–H and O–H groups in total. The average molecular weight is 286 g/mol. The van der Waals surface area contributed by atoms with Crippen LogP contribution in [-0.2, 0) is 9.53 Å². The zero-order valence-corrected chi connectivity index (χ0v) is 13.3. The molecule has 1 aliphatic heterocycles. The van der Waals surface area contributed by atoms with Gasteiger partial charge in [-0.05, 0) is 24.4 Å². The molecule has 0 aromatic heterocycles. The zero-order valence-electron chi connectivity index (χ0n) is 12.3. The van der Waals surface area contributed by atoms with Crippen molar-refractivity contribution in [2.75, 3.05) is 6.23 Å². The van der Waals surface area contributed by atoms with Crippen LogP contribution in [0, 0.1) is 5.92 Å². The Balaban J connectivity index is 1.91. The van der Waals surface area contributed by atoms with E-state index in [0.29, 0.717) is 6.23 Å². The Hall–Kier alpha value is -1.35. The smallest absolute Gasteiger partial charge is 0.309 e. The highest BCUT2D eigenvalue weighted by molar-refractivity contribution is 6.78. The molecule has 1 aromatic rings. The monoisotopic (exact) mass is 286 g/mol. The standard InChI is InChI=1S/C17H22O2Si/c1-20(2)11-13-8-9-15(14-6-4-3-5-7-14)16(10-13)17(18)19-12-20/h3-8,15-16H,9-12H2,1-2H3/t15-,16+/m1/s1. The second-order valence-corrected chi connectivity index (χ2v) is 11.8. The normalized spacial score (nSPS) is 28.9. The predicted molar refractivity (Wildman–Crippen MR) is 83.2 cm³/mol. The van der Waals surface area contributed by atoms with E-state index >= 15 is 0 Å². The first-order chi connectivity index (χ1) is 9.55. The molecule has 3 heteroatoms. The minimum atomic E-state index is -1.41. The van der Waals surface area contributed by atoms with Crippen molar-refractivity contribution in [3.05, 3.63) is 47.5 Å². The van der Waals surface area contributed by atoms with E-state index in [9.17, 15) is 4.79 Å². The number of carbonyl (C=O) groups is 1. The van der Waals surface area contributed by atoms with E-state index < -0.39 is 8.07 Å². The van der Waals surface area contributed by atoms with Gasteiger partial charge in [-0.3, -0.25) is 4.79 Å². The van der Waals surface area contributed by atoms with E-state index in [4.69, 9.17) is 4.74 Å². The molecule has 1 fully saturated rings. The van der Waals surface area contributed by atoms with Crippen molar-refractivity contribution in [3.63, 3.8) is 0 Å². The molecule has 1 aromatic carbocycles. The van der Waals surface area contributed by atoms with Crippen molar-refractivity contribution < 1.29 is 9.53 Å². The first kappa shape index (κ1) is 13.6. The Bertz CT molecular complexity index is 533. The number of carbonyl (C=O) groups excluding carboxylic acids is 1. The molecule has 0 radical (unpaired) electrons. The Morgan fingerprint density at radius 3 is 2.65 bits per heavy atom. The van der Waals surface area contributed by atoms with Gasteiger partial charge in [0.1, 0.15) is 0 Å². The zero-order chi connectivity index (χ0) is 14.2. The SMILES string of the molecule is C[Si]1(C)COC(=O)[C@H]2CC(=CC[C@@H]2c2ccccc2)C1. The number of benzene rings is 1. The summed E-state index contributed by atoms with van der Waals surface area (Å²) in [4.78, 5) is 12.4. The molecule has 2 bridgehead atoms. The lowest BCUT2D eigenvalue weighted by molar-refractivity contribution is -0.148. The molecule has 0 saturated carbocycles. The van der Waals surface area contributed by atoms with E-state index in [-0.39, 0.29) is 17.8 Å². The van der Waals surface area contributed by atoms with Crippen LogP contribution in [-0.4, -0.2) is 20.3 Å². The van der Waals surface area contributed by atoms with Gasteiger partial charge in [0.2, 0.25) is 0 Å². The third-order valence-electron chi connectivity index (χ3n) is 4.47. The van der Waals surface area contributed by atoms with Crippen molar-refractivity contribution in [2.45, 2.75) is 37.9 Å². The lowest BCUT2D eigenvalue weighted by Crippen LogP contribution is -2.40. The van der Waals surface area contributed by atoms with Gasteiger partial charge in [0.15, 0.2) is 0 Å². The van der Waals surface area contributed by atoms with Crippen LogP contribution in [0.1, 0.15) is 24.3 Å². The summed E-state index contributed by atoms with van der Waals surface area (Å²) >= 11 is 0. The average Bonchev–Trinajstić information content (AvgIpc) is 2.44. The molecule has 0 spiro atoms. The van der Waals surface area contributed by atoms with Gasteiger partial charge in [-0.1, -0.05) is 55.1 Å². The van der Waals surface area contributed by atoms with Gasteiger partial charge in [0.25, 0.3) is 0 Å². The fraction of sp³-hybridized carbons (Fsp3) is 0.471. The molecule has 1 heterocycles. The first-order valence-electron chi connectivity index (χ1n) is 7.45. The lowest BCUT2D eigenvalue weighted by Gasteiger charge is -2.36. The van der Waals surface area contributed by atoms with Gasteiger partial charge in [0.05, 0.1) is 20.2 Å². The molecule has 2 aliphatic rings. The van der Waals surface area contributed by atoms with Crippen LogP contribution in [0.2, 0.25) is 19.1 Å². The molecular formula is C17H22O2Si. The van der Waals surface area contributed by atoms with Crippen LogP contribution in [0.3, 0.4) is 0 Å². The number of esters is 1. The summed E-state index contributed by atoms with van der Waals surface area (Å²) in [6, 6.07) is 11.6. The Morgan fingerprint density at radius 1 is 1.15 bits per heavy atom. The fourth-order valence-electron chi connectivity index (χ4n) is 3.47. The number of fused-ring (bicyclic) bond motifs is 2. The van der Waals surface area contributed by atoms with Crippen LogP contribution >= 0.6 is 0 Å². The van der Waals surface area contributed by atoms with E-state index in [1.165, 1.54) is 17.2 Å². The summed E-state index contributed by atoms with van der Waals surface area (Å²) in [5, 5.41) is 0. The maximum Gasteiger partial charge on any atom is 0.309 e. The first-order valence-corrected chi connectivity index (χ1v) is 10.9. The van der Waals surface area contributed by atoms with Crippen molar-refractivity contribution in [3.8, 4) is 0 Å². The largest absolute Gasteiger partial charge is 0.469 e. The van der Waals surface area contributed by atoms with Crippen LogP contribution in [0.5, 0.6) is 0 Å². The highest BCUT2D eigenvalue weighted by Gasteiger charge is 2.38. The Morgan fingerprint density at radius 2 is 1.90 bits per heavy atom. The highest BCUT2D eigenvalue weighted by atomic mass is 28.3. The molecule has 3 rings (SSSR count). The highest BCUT2D eigenvalue weighted by Crippen LogP contribution is 2.41. The van der Waals surface area contributed by atoms with Crippen LogP contribution in [0.25, 0.3) is 0 Å². The third kappa shape index (κ3) is 2.73. The minimum absolute atomic E-state index is 0.0162. The summed E-state index contributed by atoms with van der Waals surface area (Å²) < 4.78 is 5.63. The number of cyclic esters (lactones) is 1. The molecule has 1 aliphatic carbocycles. The molecule has 1 saturated heterocycles.